The van der Waals surface area contributed by atoms with Crippen molar-refractivity contribution in [3.63, 3.8) is 0 Å². The zero-order chi connectivity index (χ0) is 19.5. The van der Waals surface area contributed by atoms with Crippen molar-refractivity contribution >= 4 is 11.0 Å². The van der Waals surface area contributed by atoms with Crippen molar-refractivity contribution in [1.29, 1.82) is 0 Å². The molecule has 0 bridgehead atoms. The van der Waals surface area contributed by atoms with Crippen molar-refractivity contribution in [3.05, 3.63) is 34.7 Å². The highest BCUT2D eigenvalue weighted by atomic mass is 16.3. The smallest absolute Gasteiger partial charge is 0.329 e. The van der Waals surface area contributed by atoms with Gasteiger partial charge in [-0.15, -0.1) is 0 Å². The molecule has 2 fully saturated rings. The lowest BCUT2D eigenvalue weighted by atomic mass is 9.88. The lowest BCUT2D eigenvalue weighted by Crippen LogP contribution is -2.49. The first kappa shape index (κ1) is 19.7. The minimum Gasteiger partial charge on any atom is -0.396 e. The monoisotopic (exact) mass is 385 g/mol. The fourth-order valence-corrected chi connectivity index (χ4v) is 5.56. The highest BCUT2D eigenvalue weighted by molar-refractivity contribution is 5.76. The first-order chi connectivity index (χ1) is 13.7. The third kappa shape index (κ3) is 3.67. The van der Waals surface area contributed by atoms with E-state index < -0.39 is 0 Å². The van der Waals surface area contributed by atoms with Gasteiger partial charge in [-0.25, -0.2) is 4.79 Å². The van der Waals surface area contributed by atoms with E-state index >= 15 is 0 Å². The first-order valence-electron chi connectivity index (χ1n) is 11.3. The van der Waals surface area contributed by atoms with Crippen LogP contribution < -0.4 is 5.69 Å². The summed E-state index contributed by atoms with van der Waals surface area (Å²) in [6.45, 7) is 4.79. The van der Waals surface area contributed by atoms with Gasteiger partial charge in [0.05, 0.1) is 11.0 Å². The molecule has 2 aromatic rings. The van der Waals surface area contributed by atoms with Crippen molar-refractivity contribution in [3.8, 4) is 0 Å². The number of hydrogen-bond acceptors (Lipinski definition) is 3. The molecular weight excluding hydrogens is 350 g/mol. The van der Waals surface area contributed by atoms with E-state index in [4.69, 9.17) is 0 Å². The first-order valence-corrected chi connectivity index (χ1v) is 11.3. The van der Waals surface area contributed by atoms with Gasteiger partial charge in [0.1, 0.15) is 0 Å². The lowest BCUT2D eigenvalue weighted by Gasteiger charge is -2.42. The zero-order valence-electron chi connectivity index (χ0n) is 17.2. The normalized spacial score (nSPS) is 25.6. The predicted molar refractivity (Wildman–Crippen MR) is 114 cm³/mol. The van der Waals surface area contributed by atoms with Crippen molar-refractivity contribution in [2.45, 2.75) is 76.9 Å². The molecule has 154 valence electrons. The molecule has 1 aromatic heterocycles. The number of para-hydroxylation sites is 2. The van der Waals surface area contributed by atoms with Crippen LogP contribution in [-0.4, -0.2) is 44.9 Å². The maximum Gasteiger partial charge on any atom is 0.329 e. The van der Waals surface area contributed by atoms with Gasteiger partial charge in [0.25, 0.3) is 0 Å². The standard InChI is InChI=1S/C23H35N3O2/c1-2-25-21-12-8-9-13-22(21)26(23(25)28)20-14-15-24(16-18(20)17-27)19-10-6-4-3-5-7-11-19/h8-9,12-13,18-20,27H,2-7,10-11,14-17H2,1H3/t18-,20+/m0/s1. The second-order valence-electron chi connectivity index (χ2n) is 8.68. The Morgan fingerprint density at radius 3 is 2.36 bits per heavy atom. The van der Waals surface area contributed by atoms with Crippen molar-refractivity contribution in [2.24, 2.45) is 5.92 Å². The van der Waals surface area contributed by atoms with E-state index in [2.05, 4.69) is 11.0 Å². The van der Waals surface area contributed by atoms with Crippen LogP contribution in [0.1, 0.15) is 64.3 Å². The van der Waals surface area contributed by atoms with Gasteiger partial charge in [0, 0.05) is 44.2 Å². The largest absolute Gasteiger partial charge is 0.396 e. The Labute approximate surface area is 168 Å². The molecule has 0 spiro atoms. The fourth-order valence-electron chi connectivity index (χ4n) is 5.56. The van der Waals surface area contributed by atoms with Crippen LogP contribution in [0.4, 0.5) is 0 Å². The van der Waals surface area contributed by atoms with Crippen LogP contribution in [0.3, 0.4) is 0 Å². The molecule has 4 rings (SSSR count). The summed E-state index contributed by atoms with van der Waals surface area (Å²) in [5.74, 6) is 0.119. The Bertz CT molecular complexity index is 832. The Morgan fingerprint density at radius 2 is 1.68 bits per heavy atom. The molecule has 1 aliphatic carbocycles. The molecule has 1 N–H and O–H groups in total. The Balaban J connectivity index is 1.60. The number of aromatic nitrogens is 2. The number of likely N-dealkylation sites (tertiary alicyclic amines) is 1. The van der Waals surface area contributed by atoms with Gasteiger partial charge in [-0.05, 0) is 38.3 Å². The summed E-state index contributed by atoms with van der Waals surface area (Å²) in [5, 5.41) is 10.2. The molecule has 1 saturated heterocycles. The van der Waals surface area contributed by atoms with E-state index in [0.29, 0.717) is 12.6 Å². The SMILES string of the molecule is CCn1c(=O)n([C@@H]2CCN(C3CCCCCCC3)C[C@H]2CO)c2ccccc21. The van der Waals surface area contributed by atoms with E-state index in [1.165, 1.54) is 44.9 Å². The van der Waals surface area contributed by atoms with Gasteiger partial charge in [-0.2, -0.15) is 0 Å². The van der Waals surface area contributed by atoms with E-state index in [0.717, 1.165) is 30.5 Å². The molecule has 1 saturated carbocycles. The lowest BCUT2D eigenvalue weighted by molar-refractivity contribution is 0.0435. The average molecular weight is 386 g/mol. The number of benzene rings is 1. The minimum absolute atomic E-state index is 0.0755. The van der Waals surface area contributed by atoms with Gasteiger partial charge < -0.3 is 5.11 Å². The van der Waals surface area contributed by atoms with Crippen molar-refractivity contribution < 1.29 is 5.11 Å². The molecule has 2 atom stereocenters. The fraction of sp³-hybridized carbons (Fsp3) is 0.696. The van der Waals surface area contributed by atoms with E-state index in [1.54, 1.807) is 0 Å². The number of nitrogens with zero attached hydrogens (tertiary/aromatic N) is 3. The predicted octanol–water partition coefficient (Wildman–Crippen LogP) is 3.79. The molecule has 1 aromatic carbocycles. The molecule has 28 heavy (non-hydrogen) atoms. The molecule has 5 heteroatoms. The van der Waals surface area contributed by atoms with Gasteiger partial charge in [0.15, 0.2) is 0 Å². The summed E-state index contributed by atoms with van der Waals surface area (Å²) in [5.41, 5.74) is 2.10. The van der Waals surface area contributed by atoms with Crippen LogP contribution in [0, 0.1) is 5.92 Å². The number of hydrogen-bond donors (Lipinski definition) is 1. The molecule has 2 heterocycles. The maximum atomic E-state index is 13.2. The number of imidazole rings is 1. The Morgan fingerprint density at radius 1 is 1.00 bits per heavy atom. The molecule has 2 aliphatic rings. The van der Waals surface area contributed by atoms with E-state index in [-0.39, 0.29) is 24.3 Å². The Kier molecular flexibility index (Phi) is 6.22. The van der Waals surface area contributed by atoms with E-state index in [9.17, 15) is 9.90 Å². The van der Waals surface area contributed by atoms with E-state index in [1.807, 2.05) is 34.3 Å². The van der Waals surface area contributed by atoms with Crippen LogP contribution >= 0.6 is 0 Å². The second-order valence-corrected chi connectivity index (χ2v) is 8.68. The topological polar surface area (TPSA) is 50.4 Å². The third-order valence-corrected chi connectivity index (χ3v) is 7.07. The highest BCUT2D eigenvalue weighted by Crippen LogP contribution is 2.33. The summed E-state index contributed by atoms with van der Waals surface area (Å²) < 4.78 is 3.85. The summed E-state index contributed by atoms with van der Waals surface area (Å²) in [6.07, 6.45) is 10.3. The van der Waals surface area contributed by atoms with Gasteiger partial charge in [0.2, 0.25) is 0 Å². The van der Waals surface area contributed by atoms with Gasteiger partial charge in [-0.3, -0.25) is 14.0 Å². The maximum absolute atomic E-state index is 13.2. The quantitative estimate of drug-likeness (QED) is 0.871. The molecule has 5 nitrogen and oxygen atoms in total. The third-order valence-electron chi connectivity index (χ3n) is 7.07. The summed E-state index contributed by atoms with van der Waals surface area (Å²) in [4.78, 5) is 15.8. The zero-order valence-corrected chi connectivity index (χ0v) is 17.2. The number of aliphatic hydroxyl groups excluding tert-OH is 1. The highest BCUT2D eigenvalue weighted by Gasteiger charge is 2.35. The number of piperidine rings is 1. The molecule has 0 unspecified atom stereocenters. The number of aliphatic hydroxyl groups is 1. The van der Waals surface area contributed by atoms with Crippen molar-refractivity contribution in [1.82, 2.24) is 14.0 Å². The summed E-state index contributed by atoms with van der Waals surface area (Å²) in [7, 11) is 0. The van der Waals surface area contributed by atoms with Crippen LogP contribution in [-0.2, 0) is 6.54 Å². The molecular formula is C23H35N3O2. The average Bonchev–Trinajstić information content (AvgIpc) is 2.98. The second kappa shape index (κ2) is 8.83. The van der Waals surface area contributed by atoms with Gasteiger partial charge in [-0.1, -0.05) is 44.2 Å². The number of fused-ring (bicyclic) bond motifs is 1. The van der Waals surface area contributed by atoms with Crippen LogP contribution in [0.25, 0.3) is 11.0 Å². The Hall–Kier alpha value is -1.59. The summed E-state index contributed by atoms with van der Waals surface area (Å²) >= 11 is 0. The van der Waals surface area contributed by atoms with Crippen LogP contribution in [0.2, 0.25) is 0 Å². The molecule has 0 radical (unpaired) electrons. The summed E-state index contributed by atoms with van der Waals surface area (Å²) in [6, 6.07) is 8.84. The van der Waals surface area contributed by atoms with Crippen LogP contribution in [0.5, 0.6) is 0 Å². The minimum atomic E-state index is 0.0755. The van der Waals surface area contributed by atoms with Gasteiger partial charge >= 0.3 is 5.69 Å². The number of aryl methyl sites for hydroxylation is 1. The molecule has 1 aliphatic heterocycles. The van der Waals surface area contributed by atoms with Crippen LogP contribution in [0.15, 0.2) is 29.1 Å². The van der Waals surface area contributed by atoms with Crippen molar-refractivity contribution in [2.75, 3.05) is 19.7 Å². The number of rotatable bonds is 4. The molecule has 0 amide bonds.